The van der Waals surface area contributed by atoms with Gasteiger partial charge in [-0.2, -0.15) is 0 Å². The number of hydrogen-bond acceptors (Lipinski definition) is 7. The number of carbonyl (C=O) groups excluding carboxylic acids is 1. The number of hydrogen-bond donors (Lipinski definition) is 1. The molecule has 8 heteroatoms. The summed E-state index contributed by atoms with van der Waals surface area (Å²) in [6.07, 6.45) is -0.464. The molecule has 0 radical (unpaired) electrons. The van der Waals surface area contributed by atoms with Crippen molar-refractivity contribution in [1.82, 2.24) is 4.90 Å². The number of carbonyl (C=O) groups is 1. The zero-order chi connectivity index (χ0) is 23.6. The van der Waals surface area contributed by atoms with Gasteiger partial charge >= 0.3 is 6.09 Å². The van der Waals surface area contributed by atoms with Gasteiger partial charge in [0.2, 0.25) is 5.75 Å². The van der Waals surface area contributed by atoms with Crippen LogP contribution in [0.3, 0.4) is 0 Å². The van der Waals surface area contributed by atoms with Crippen molar-refractivity contribution in [2.45, 2.75) is 39.8 Å². The highest BCUT2D eigenvalue weighted by molar-refractivity contribution is 5.89. The minimum Gasteiger partial charge on any atom is -0.504 e. The highest BCUT2D eigenvalue weighted by Gasteiger charge is 2.23. The molecule has 0 spiro atoms. The smallest absolute Gasteiger partial charge is 0.415 e. The van der Waals surface area contributed by atoms with E-state index in [4.69, 9.17) is 18.6 Å². The van der Waals surface area contributed by atoms with Gasteiger partial charge in [0.1, 0.15) is 22.5 Å². The lowest BCUT2D eigenvalue weighted by molar-refractivity contribution is 0.122. The van der Waals surface area contributed by atoms with Crippen molar-refractivity contribution in [3.05, 3.63) is 46.6 Å². The molecule has 3 rings (SSSR count). The number of fused-ring (bicyclic) bond motifs is 1. The fraction of sp³-hybridized carbons (Fsp3) is 0.333. The molecule has 0 fully saturated rings. The van der Waals surface area contributed by atoms with Crippen molar-refractivity contribution < 1.29 is 28.5 Å². The third kappa shape index (κ3) is 4.34. The monoisotopic (exact) mass is 441 g/mol. The normalized spacial score (nSPS) is 11.1. The van der Waals surface area contributed by atoms with Gasteiger partial charge in [-0.25, -0.2) is 4.79 Å². The average molecular weight is 441 g/mol. The van der Waals surface area contributed by atoms with E-state index in [-0.39, 0.29) is 46.1 Å². The van der Waals surface area contributed by atoms with E-state index in [2.05, 4.69) is 0 Å². The third-order valence-corrected chi connectivity index (χ3v) is 4.98. The van der Waals surface area contributed by atoms with E-state index in [9.17, 15) is 14.7 Å². The predicted octanol–water partition coefficient (Wildman–Crippen LogP) is 4.80. The maximum absolute atomic E-state index is 12.8. The van der Waals surface area contributed by atoms with Crippen LogP contribution in [0.5, 0.6) is 23.0 Å². The minimum atomic E-state index is -0.464. The molecule has 0 saturated heterocycles. The second-order valence-corrected chi connectivity index (χ2v) is 7.80. The van der Waals surface area contributed by atoms with Crippen molar-refractivity contribution in [3.63, 3.8) is 0 Å². The van der Waals surface area contributed by atoms with Crippen molar-refractivity contribution in [2.24, 2.45) is 0 Å². The van der Waals surface area contributed by atoms with Crippen molar-refractivity contribution in [1.29, 1.82) is 0 Å². The van der Waals surface area contributed by atoms with Gasteiger partial charge < -0.3 is 28.6 Å². The van der Waals surface area contributed by atoms with E-state index in [1.807, 2.05) is 27.7 Å². The lowest BCUT2D eigenvalue weighted by Gasteiger charge is -2.29. The number of nitrogens with zero attached hydrogens (tertiary/aromatic N) is 1. The molecule has 0 saturated carbocycles. The number of methoxy groups -OCH3 is 2. The first-order chi connectivity index (χ1) is 15.2. The molecule has 0 aliphatic carbocycles. The molecule has 0 aliphatic rings. The average Bonchev–Trinajstić information content (AvgIpc) is 2.72. The molecule has 0 unspecified atom stereocenters. The molecule has 8 nitrogen and oxygen atoms in total. The Morgan fingerprint density at radius 1 is 1.03 bits per heavy atom. The molecule has 1 heterocycles. The lowest BCUT2D eigenvalue weighted by Crippen LogP contribution is -2.43. The Bertz CT molecular complexity index is 1190. The first-order valence-corrected chi connectivity index (χ1v) is 10.2. The van der Waals surface area contributed by atoms with E-state index in [0.717, 1.165) is 0 Å². The standard InChI is InChI=1S/C24H27NO7/c1-13(2)25(14(3)4)24(28)31-16-9-7-8-15(10-16)18-11-17(26)21-19(32-18)12-20(29-5)23(30-6)22(21)27/h7-14,27H,1-6H3. The predicted molar refractivity (Wildman–Crippen MR) is 121 cm³/mol. The molecule has 1 amide bonds. The minimum absolute atomic E-state index is 0.0153. The number of aromatic hydroxyl groups is 1. The SMILES string of the molecule is COc1cc2oc(-c3cccc(OC(=O)N(C(C)C)C(C)C)c3)cc(=O)c2c(O)c1OC. The first-order valence-electron chi connectivity index (χ1n) is 10.2. The Hall–Kier alpha value is -3.68. The number of ether oxygens (including phenoxy) is 3. The van der Waals surface area contributed by atoms with Crippen molar-refractivity contribution >= 4 is 17.1 Å². The Balaban J connectivity index is 2.03. The van der Waals surface area contributed by atoms with Gasteiger partial charge in [0, 0.05) is 29.8 Å². The molecule has 170 valence electrons. The molecule has 1 N–H and O–H groups in total. The second-order valence-electron chi connectivity index (χ2n) is 7.80. The summed E-state index contributed by atoms with van der Waals surface area (Å²) in [4.78, 5) is 27.0. The summed E-state index contributed by atoms with van der Waals surface area (Å²) in [5.41, 5.74) is 0.216. The molecule has 2 aromatic carbocycles. The summed E-state index contributed by atoms with van der Waals surface area (Å²) < 4.78 is 21.8. The zero-order valence-electron chi connectivity index (χ0n) is 19.0. The van der Waals surface area contributed by atoms with Crippen molar-refractivity contribution in [3.8, 4) is 34.3 Å². The van der Waals surface area contributed by atoms with E-state index in [1.165, 1.54) is 26.4 Å². The fourth-order valence-corrected chi connectivity index (χ4v) is 3.64. The number of benzene rings is 2. The van der Waals surface area contributed by atoms with Gasteiger partial charge in [-0.05, 0) is 39.8 Å². The molecular formula is C24H27NO7. The van der Waals surface area contributed by atoms with Gasteiger partial charge in [-0.15, -0.1) is 0 Å². The molecule has 3 aromatic rings. The lowest BCUT2D eigenvalue weighted by atomic mass is 10.1. The third-order valence-electron chi connectivity index (χ3n) is 4.98. The topological polar surface area (TPSA) is 98.4 Å². The van der Waals surface area contributed by atoms with Crippen LogP contribution < -0.4 is 19.6 Å². The largest absolute Gasteiger partial charge is 0.504 e. The molecule has 1 aromatic heterocycles. The summed E-state index contributed by atoms with van der Waals surface area (Å²) in [6, 6.07) is 9.39. The number of phenolic OH excluding ortho intramolecular Hbond substituents is 1. The van der Waals surface area contributed by atoms with Crippen LogP contribution in [0.25, 0.3) is 22.3 Å². The van der Waals surface area contributed by atoms with Crippen molar-refractivity contribution in [2.75, 3.05) is 14.2 Å². The summed E-state index contributed by atoms with van der Waals surface area (Å²) in [5.74, 6) is 0.484. The summed E-state index contributed by atoms with van der Waals surface area (Å²) in [7, 11) is 2.78. The highest BCUT2D eigenvalue weighted by Crippen LogP contribution is 2.42. The first kappa shape index (κ1) is 23.0. The zero-order valence-corrected chi connectivity index (χ0v) is 19.0. The number of rotatable bonds is 6. The maximum atomic E-state index is 12.8. The Kier molecular flexibility index (Phi) is 6.62. The van der Waals surface area contributed by atoms with Crippen LogP contribution in [0.15, 0.2) is 45.6 Å². The molecule has 32 heavy (non-hydrogen) atoms. The molecule has 0 aliphatic heterocycles. The van der Waals surface area contributed by atoms with Crippen LogP contribution in [0, 0.1) is 0 Å². The highest BCUT2D eigenvalue weighted by atomic mass is 16.6. The summed E-state index contributed by atoms with van der Waals surface area (Å²) >= 11 is 0. The molecule has 0 atom stereocenters. The second kappa shape index (κ2) is 9.21. The number of phenols is 1. The van der Waals surface area contributed by atoms with Gasteiger partial charge in [0.05, 0.1) is 14.2 Å². The van der Waals surface area contributed by atoms with Gasteiger partial charge in [0.25, 0.3) is 0 Å². The van der Waals surface area contributed by atoms with E-state index >= 15 is 0 Å². The van der Waals surface area contributed by atoms with Crippen LogP contribution >= 0.6 is 0 Å². The van der Waals surface area contributed by atoms with E-state index in [1.54, 1.807) is 29.2 Å². The van der Waals surface area contributed by atoms with E-state index in [0.29, 0.717) is 11.3 Å². The van der Waals surface area contributed by atoms with Gasteiger partial charge in [0.15, 0.2) is 16.9 Å². The Morgan fingerprint density at radius 2 is 1.72 bits per heavy atom. The Morgan fingerprint density at radius 3 is 2.31 bits per heavy atom. The summed E-state index contributed by atoms with van der Waals surface area (Å²) in [5, 5.41) is 10.4. The Labute approximate surface area is 185 Å². The van der Waals surface area contributed by atoms with Gasteiger partial charge in [-0.1, -0.05) is 12.1 Å². The van der Waals surface area contributed by atoms with Crippen LogP contribution in [0.2, 0.25) is 0 Å². The van der Waals surface area contributed by atoms with Crippen LogP contribution in [-0.2, 0) is 0 Å². The maximum Gasteiger partial charge on any atom is 0.415 e. The van der Waals surface area contributed by atoms with E-state index < -0.39 is 11.5 Å². The molecule has 0 bridgehead atoms. The van der Waals surface area contributed by atoms with Crippen LogP contribution in [-0.4, -0.2) is 42.4 Å². The quantitative estimate of drug-likeness (QED) is 0.587. The summed E-state index contributed by atoms with van der Waals surface area (Å²) in [6.45, 7) is 7.67. The van der Waals surface area contributed by atoms with Gasteiger partial charge in [-0.3, -0.25) is 4.79 Å². The van der Waals surface area contributed by atoms with Crippen LogP contribution in [0.1, 0.15) is 27.7 Å². The van der Waals surface area contributed by atoms with Crippen LogP contribution in [0.4, 0.5) is 4.79 Å². The number of amides is 1. The fourth-order valence-electron chi connectivity index (χ4n) is 3.64. The molecular weight excluding hydrogens is 414 g/mol.